The summed E-state index contributed by atoms with van der Waals surface area (Å²) in [7, 11) is 1.99. The van der Waals surface area contributed by atoms with Gasteiger partial charge in [0, 0.05) is 29.8 Å². The van der Waals surface area contributed by atoms with Crippen LogP contribution < -0.4 is 10.1 Å². The fraction of sp³-hybridized carbons (Fsp3) is 0.308. The molecule has 1 aliphatic rings. The summed E-state index contributed by atoms with van der Waals surface area (Å²) in [6.07, 6.45) is 6.03. The summed E-state index contributed by atoms with van der Waals surface area (Å²) in [6, 6.07) is 13.5. The summed E-state index contributed by atoms with van der Waals surface area (Å²) in [5.74, 6) is 2.26. The van der Waals surface area contributed by atoms with Gasteiger partial charge < -0.3 is 14.6 Å². The van der Waals surface area contributed by atoms with Crippen LogP contribution in [0.15, 0.2) is 54.9 Å². The average molecular weight is 442 g/mol. The van der Waals surface area contributed by atoms with E-state index in [2.05, 4.69) is 20.3 Å². The number of rotatable bonds is 6. The second-order valence-corrected chi connectivity index (χ2v) is 8.50. The second-order valence-electron chi connectivity index (χ2n) is 8.50. The Morgan fingerprint density at radius 2 is 1.88 bits per heavy atom. The Labute approximate surface area is 192 Å². The number of hydrogen-bond acceptors (Lipinski definition) is 6. The maximum absolute atomic E-state index is 12.8. The summed E-state index contributed by atoms with van der Waals surface area (Å²) in [4.78, 5) is 26.3. The fourth-order valence-electron chi connectivity index (χ4n) is 4.15. The van der Waals surface area contributed by atoms with Crippen molar-refractivity contribution in [2.45, 2.75) is 32.3 Å². The summed E-state index contributed by atoms with van der Waals surface area (Å²) < 4.78 is 8.08. The summed E-state index contributed by atoms with van der Waals surface area (Å²) in [5, 5.41) is 4.27. The summed E-state index contributed by atoms with van der Waals surface area (Å²) in [5.41, 5.74) is 3.51. The number of aromatic nitrogens is 4. The lowest BCUT2D eigenvalue weighted by Gasteiger charge is -2.23. The number of hydrogen-bond donors (Lipinski definition) is 1. The molecule has 1 fully saturated rings. The molecule has 0 bridgehead atoms. The standard InChI is InChI=1S/C26H27N5O2/c1-17-28-16-24(31(17)2)19-3-4-20-15-29-26(30-23(20)13-19)14-25(32)18-5-7-21(8-6-18)33-22-9-11-27-12-10-22/h3-8,13,15-16,22,27H,9-12,14H2,1-2H3. The predicted octanol–water partition coefficient (Wildman–Crippen LogP) is 3.89. The molecule has 0 spiro atoms. The van der Waals surface area contributed by atoms with Gasteiger partial charge in [0.1, 0.15) is 23.5 Å². The number of nitrogens with zero attached hydrogens (tertiary/aromatic N) is 4. The van der Waals surface area contributed by atoms with E-state index < -0.39 is 0 Å². The SMILES string of the molecule is Cc1ncc(-c2ccc3cnc(CC(=O)c4ccc(OC5CCNCC5)cc4)nc3c2)n1C. The number of carbonyl (C=O) groups excluding carboxylic acids is 1. The van der Waals surface area contributed by atoms with E-state index in [-0.39, 0.29) is 18.3 Å². The average Bonchev–Trinajstić information content (AvgIpc) is 3.18. The van der Waals surface area contributed by atoms with Gasteiger partial charge in [0.25, 0.3) is 0 Å². The fourth-order valence-corrected chi connectivity index (χ4v) is 4.15. The van der Waals surface area contributed by atoms with Crippen LogP contribution >= 0.6 is 0 Å². The van der Waals surface area contributed by atoms with Gasteiger partial charge in [-0.3, -0.25) is 4.79 Å². The Bertz CT molecular complexity index is 1290. The zero-order chi connectivity index (χ0) is 22.8. The van der Waals surface area contributed by atoms with Crippen molar-refractivity contribution >= 4 is 16.7 Å². The van der Waals surface area contributed by atoms with Crippen molar-refractivity contribution in [3.8, 4) is 17.0 Å². The smallest absolute Gasteiger partial charge is 0.170 e. The topological polar surface area (TPSA) is 81.9 Å². The Morgan fingerprint density at radius 1 is 1.09 bits per heavy atom. The molecule has 0 aliphatic carbocycles. The van der Waals surface area contributed by atoms with Gasteiger partial charge in [-0.2, -0.15) is 0 Å². The number of benzene rings is 2. The van der Waals surface area contributed by atoms with Crippen LogP contribution in [0.4, 0.5) is 0 Å². The molecular weight excluding hydrogens is 414 g/mol. The van der Waals surface area contributed by atoms with Crippen molar-refractivity contribution in [3.63, 3.8) is 0 Å². The summed E-state index contributed by atoms with van der Waals surface area (Å²) >= 11 is 0. The highest BCUT2D eigenvalue weighted by Gasteiger charge is 2.15. The van der Waals surface area contributed by atoms with E-state index in [0.29, 0.717) is 11.4 Å². The van der Waals surface area contributed by atoms with Crippen LogP contribution in [0, 0.1) is 6.92 Å². The van der Waals surface area contributed by atoms with Crippen LogP contribution in [0.25, 0.3) is 22.2 Å². The highest BCUT2D eigenvalue weighted by Crippen LogP contribution is 2.24. The number of fused-ring (bicyclic) bond motifs is 1. The van der Waals surface area contributed by atoms with E-state index in [1.165, 1.54) is 0 Å². The highest BCUT2D eigenvalue weighted by atomic mass is 16.5. The second kappa shape index (κ2) is 9.11. The van der Waals surface area contributed by atoms with Gasteiger partial charge in [-0.1, -0.05) is 12.1 Å². The third kappa shape index (κ3) is 4.64. The molecule has 1 aliphatic heterocycles. The first-order chi connectivity index (χ1) is 16.1. The van der Waals surface area contributed by atoms with Crippen molar-refractivity contribution in [1.29, 1.82) is 0 Å². The predicted molar refractivity (Wildman–Crippen MR) is 127 cm³/mol. The largest absolute Gasteiger partial charge is 0.490 e. The van der Waals surface area contributed by atoms with Crippen molar-refractivity contribution < 1.29 is 9.53 Å². The molecule has 4 aromatic rings. The van der Waals surface area contributed by atoms with Gasteiger partial charge in [0.2, 0.25) is 0 Å². The first kappa shape index (κ1) is 21.3. The Balaban J connectivity index is 1.30. The molecule has 168 valence electrons. The molecule has 0 unspecified atom stereocenters. The zero-order valence-corrected chi connectivity index (χ0v) is 18.9. The van der Waals surface area contributed by atoms with E-state index in [0.717, 1.165) is 59.7 Å². The Morgan fingerprint density at radius 3 is 2.61 bits per heavy atom. The number of Topliss-reactive ketones (excluding diaryl/α,β-unsaturated/α-hetero) is 1. The van der Waals surface area contributed by atoms with Crippen LogP contribution in [-0.4, -0.2) is 44.5 Å². The maximum Gasteiger partial charge on any atom is 0.170 e. The minimum absolute atomic E-state index is 0.0128. The first-order valence-corrected chi connectivity index (χ1v) is 11.3. The molecule has 0 saturated carbocycles. The van der Waals surface area contributed by atoms with Crippen molar-refractivity contribution in [3.05, 3.63) is 72.1 Å². The van der Waals surface area contributed by atoms with E-state index in [1.54, 1.807) is 6.20 Å². The van der Waals surface area contributed by atoms with Crippen molar-refractivity contribution in [2.75, 3.05) is 13.1 Å². The maximum atomic E-state index is 12.8. The third-order valence-electron chi connectivity index (χ3n) is 6.23. The minimum Gasteiger partial charge on any atom is -0.490 e. The molecule has 0 atom stereocenters. The van der Waals surface area contributed by atoms with Crippen LogP contribution in [0.5, 0.6) is 5.75 Å². The molecule has 33 heavy (non-hydrogen) atoms. The van der Waals surface area contributed by atoms with Gasteiger partial charge in [0.15, 0.2) is 5.78 Å². The van der Waals surface area contributed by atoms with Crippen molar-refractivity contribution in [1.82, 2.24) is 24.8 Å². The highest BCUT2D eigenvalue weighted by molar-refractivity contribution is 5.97. The third-order valence-corrected chi connectivity index (χ3v) is 6.23. The molecule has 7 heteroatoms. The molecule has 2 aromatic carbocycles. The number of ether oxygens (including phenoxy) is 1. The number of carbonyl (C=O) groups is 1. The summed E-state index contributed by atoms with van der Waals surface area (Å²) in [6.45, 7) is 3.94. The Kier molecular flexibility index (Phi) is 5.88. The molecule has 7 nitrogen and oxygen atoms in total. The van der Waals surface area contributed by atoms with Gasteiger partial charge in [-0.25, -0.2) is 15.0 Å². The van der Waals surface area contributed by atoms with E-state index in [1.807, 2.05) is 67.2 Å². The zero-order valence-electron chi connectivity index (χ0n) is 18.9. The van der Waals surface area contributed by atoms with Gasteiger partial charge >= 0.3 is 0 Å². The van der Waals surface area contributed by atoms with E-state index in [4.69, 9.17) is 4.74 Å². The van der Waals surface area contributed by atoms with Crippen LogP contribution in [0.2, 0.25) is 0 Å². The molecule has 0 amide bonds. The molecule has 1 N–H and O–H groups in total. The lowest BCUT2D eigenvalue weighted by molar-refractivity contribution is 0.0991. The quantitative estimate of drug-likeness (QED) is 0.457. The normalized spacial score (nSPS) is 14.5. The number of ketones is 1. The first-order valence-electron chi connectivity index (χ1n) is 11.3. The van der Waals surface area contributed by atoms with Gasteiger partial charge in [-0.15, -0.1) is 0 Å². The molecule has 0 radical (unpaired) electrons. The van der Waals surface area contributed by atoms with Gasteiger partial charge in [-0.05, 0) is 63.2 Å². The van der Waals surface area contributed by atoms with Crippen LogP contribution in [0.1, 0.15) is 34.8 Å². The Hall–Kier alpha value is -3.58. The number of aryl methyl sites for hydroxylation is 1. The van der Waals surface area contributed by atoms with E-state index >= 15 is 0 Å². The van der Waals surface area contributed by atoms with Crippen LogP contribution in [-0.2, 0) is 13.5 Å². The molecule has 2 aromatic heterocycles. The molecular formula is C26H27N5O2. The number of imidazole rings is 1. The monoisotopic (exact) mass is 441 g/mol. The number of nitrogens with one attached hydrogen (secondary N) is 1. The van der Waals surface area contributed by atoms with E-state index in [9.17, 15) is 4.79 Å². The lowest BCUT2D eigenvalue weighted by Crippen LogP contribution is -2.34. The van der Waals surface area contributed by atoms with Crippen molar-refractivity contribution in [2.24, 2.45) is 7.05 Å². The van der Waals surface area contributed by atoms with Gasteiger partial charge in [0.05, 0.1) is 23.8 Å². The molecule has 5 rings (SSSR count). The van der Waals surface area contributed by atoms with Crippen LogP contribution in [0.3, 0.4) is 0 Å². The molecule has 1 saturated heterocycles. The minimum atomic E-state index is -0.0128. The lowest BCUT2D eigenvalue weighted by atomic mass is 10.1. The molecule has 3 heterocycles. The number of piperidine rings is 1.